The highest BCUT2D eigenvalue weighted by Crippen LogP contribution is 2.50. The predicted molar refractivity (Wildman–Crippen MR) is 143 cm³/mol. The molecule has 5 nitrogen and oxygen atoms in total. The number of anilines is 2. The van der Waals surface area contributed by atoms with Gasteiger partial charge in [0, 0.05) is 23.8 Å². The Morgan fingerprint density at radius 3 is 2.22 bits per heavy atom. The molecular formula is C25H33F3N2O3S3. The number of halogens is 3. The molecule has 1 heterocycles. The average molecular weight is 563 g/mol. The van der Waals surface area contributed by atoms with Crippen LogP contribution in [0.4, 0.5) is 24.5 Å². The van der Waals surface area contributed by atoms with Gasteiger partial charge >= 0.3 is 15.6 Å². The first kappa shape index (κ1) is 29.0. The molecule has 0 amide bonds. The van der Waals surface area contributed by atoms with E-state index in [1.807, 2.05) is 37.4 Å². The van der Waals surface area contributed by atoms with Gasteiger partial charge in [-0.15, -0.1) is 11.8 Å². The first-order valence-corrected chi connectivity index (χ1v) is 15.4. The molecule has 1 aliphatic heterocycles. The van der Waals surface area contributed by atoms with E-state index in [-0.39, 0.29) is 11.3 Å². The molecule has 2 aromatic rings. The van der Waals surface area contributed by atoms with Crippen LogP contribution in [-0.2, 0) is 10.1 Å². The minimum atomic E-state index is -5.79. The highest BCUT2D eigenvalue weighted by Gasteiger charge is 2.49. The van der Waals surface area contributed by atoms with Crippen LogP contribution in [0.5, 0.6) is 5.75 Å². The Morgan fingerprint density at radius 1 is 1.08 bits per heavy atom. The Bertz CT molecular complexity index is 1120. The van der Waals surface area contributed by atoms with Crippen molar-refractivity contribution >= 4 is 45.2 Å². The number of fused-ring (bicyclic) bond motifs is 1. The van der Waals surface area contributed by atoms with Gasteiger partial charge in [0.1, 0.15) is 0 Å². The Hall–Kier alpha value is -1.56. The maximum absolute atomic E-state index is 13.1. The van der Waals surface area contributed by atoms with Crippen molar-refractivity contribution in [2.75, 3.05) is 24.7 Å². The molecule has 0 spiro atoms. The first-order chi connectivity index (χ1) is 17.0. The number of benzene rings is 2. The van der Waals surface area contributed by atoms with Gasteiger partial charge in [-0.2, -0.15) is 21.6 Å². The van der Waals surface area contributed by atoms with Crippen LogP contribution < -0.4 is 9.08 Å². The third kappa shape index (κ3) is 6.28. The van der Waals surface area contributed by atoms with Gasteiger partial charge < -0.3 is 9.08 Å². The van der Waals surface area contributed by atoms with Gasteiger partial charge in [-0.3, -0.25) is 0 Å². The van der Waals surface area contributed by atoms with Crippen LogP contribution in [0.15, 0.2) is 52.3 Å². The quantitative estimate of drug-likeness (QED) is 0.126. The summed E-state index contributed by atoms with van der Waals surface area (Å²) in [5.74, 6) is -0.317. The van der Waals surface area contributed by atoms with E-state index in [0.29, 0.717) is 16.3 Å². The molecule has 0 atom stereocenters. The van der Waals surface area contributed by atoms with Crippen molar-refractivity contribution in [2.45, 2.75) is 73.2 Å². The molecule has 0 aliphatic carbocycles. The molecule has 2 aromatic carbocycles. The molecule has 0 saturated heterocycles. The molecule has 0 fully saturated rings. The maximum Gasteiger partial charge on any atom is 0.534 e. The molecule has 0 aromatic heterocycles. The van der Waals surface area contributed by atoms with Gasteiger partial charge in [0.05, 0.1) is 15.5 Å². The Labute approximate surface area is 221 Å². The normalized spacial score (nSPS) is 16.5. The lowest BCUT2D eigenvalue weighted by atomic mass is 9.86. The van der Waals surface area contributed by atoms with E-state index < -0.39 is 15.6 Å². The minimum Gasteiger partial charge on any atom is -0.375 e. The highest BCUT2D eigenvalue weighted by atomic mass is 32.2. The van der Waals surface area contributed by atoms with Gasteiger partial charge in [0.25, 0.3) is 0 Å². The van der Waals surface area contributed by atoms with E-state index in [1.54, 1.807) is 12.3 Å². The fourth-order valence-corrected chi connectivity index (χ4v) is 6.58. The summed E-state index contributed by atoms with van der Waals surface area (Å²) in [6.45, 7) is 5.02. The number of nitrogens with zero attached hydrogens (tertiary/aromatic N) is 2. The van der Waals surface area contributed by atoms with Gasteiger partial charge in [-0.25, -0.2) is 4.31 Å². The zero-order valence-electron chi connectivity index (χ0n) is 21.0. The summed E-state index contributed by atoms with van der Waals surface area (Å²) in [6.07, 6.45) is 7.80. The van der Waals surface area contributed by atoms with Crippen molar-refractivity contribution in [1.29, 1.82) is 0 Å². The molecule has 0 unspecified atom stereocenters. The first-order valence-electron chi connectivity index (χ1n) is 11.9. The fourth-order valence-electron chi connectivity index (χ4n) is 4.38. The van der Waals surface area contributed by atoms with E-state index in [0.717, 1.165) is 61.7 Å². The lowest BCUT2D eigenvalue weighted by Crippen LogP contribution is -2.49. The zero-order valence-corrected chi connectivity index (χ0v) is 23.4. The largest absolute Gasteiger partial charge is 0.534 e. The fraction of sp³-hybridized carbons (Fsp3) is 0.520. The van der Waals surface area contributed by atoms with Crippen LogP contribution in [-0.4, -0.2) is 43.6 Å². The molecule has 1 aliphatic rings. The second kappa shape index (κ2) is 11.9. The van der Waals surface area contributed by atoms with Crippen molar-refractivity contribution in [3.8, 4) is 5.75 Å². The second-order valence-corrected chi connectivity index (χ2v) is 12.5. The van der Waals surface area contributed by atoms with Crippen molar-refractivity contribution < 1.29 is 25.8 Å². The zero-order chi connectivity index (χ0) is 26.6. The third-order valence-corrected chi connectivity index (χ3v) is 9.34. The van der Waals surface area contributed by atoms with Crippen LogP contribution >= 0.6 is 23.7 Å². The summed E-state index contributed by atoms with van der Waals surface area (Å²) in [4.78, 5) is 3.17. The number of para-hydroxylation sites is 1. The van der Waals surface area contributed by atoms with Crippen LogP contribution in [0, 0.1) is 0 Å². The molecule has 0 radical (unpaired) electrons. The van der Waals surface area contributed by atoms with E-state index in [1.165, 1.54) is 18.0 Å². The average Bonchev–Trinajstić information content (AvgIpc) is 2.94. The van der Waals surface area contributed by atoms with Crippen LogP contribution in [0.25, 0.3) is 0 Å². The number of likely N-dealkylation sites (N-methyl/N-ethyl adjacent to an activating group) is 1. The number of alkyl halides is 3. The van der Waals surface area contributed by atoms with E-state index in [4.69, 9.17) is 0 Å². The summed E-state index contributed by atoms with van der Waals surface area (Å²) < 4.78 is 69.8. The standard InChI is InChI=1S/C25H33F3N2O3S3/c1-5-7-14-24(15-8-6-2)18-30(19-12-10-9-11-13-19)20-16-23(34-4)21(17-22(20)35-29(24)3)33-36(31,32)25(26,27)28/h9-13,16-17H,5-8,14-15,18H2,1-4H3. The van der Waals surface area contributed by atoms with Crippen molar-refractivity contribution in [3.05, 3.63) is 42.5 Å². The molecule has 36 heavy (non-hydrogen) atoms. The SMILES string of the molecule is CCCCC1(CCCC)CN(c2ccccc2)c2cc(SC)c(OS(=O)(=O)C(F)(F)F)cc2SN1C. The van der Waals surface area contributed by atoms with Gasteiger partial charge in [-0.05, 0) is 56.3 Å². The highest BCUT2D eigenvalue weighted by molar-refractivity contribution is 7.99. The monoisotopic (exact) mass is 562 g/mol. The number of thioether (sulfide) groups is 1. The van der Waals surface area contributed by atoms with E-state index >= 15 is 0 Å². The van der Waals surface area contributed by atoms with Gasteiger partial charge in [-0.1, -0.05) is 57.7 Å². The molecule has 3 rings (SSSR count). The summed E-state index contributed by atoms with van der Waals surface area (Å²) >= 11 is 2.58. The van der Waals surface area contributed by atoms with Crippen molar-refractivity contribution in [1.82, 2.24) is 4.31 Å². The van der Waals surface area contributed by atoms with Crippen molar-refractivity contribution in [3.63, 3.8) is 0 Å². The molecular weight excluding hydrogens is 529 g/mol. The third-order valence-electron chi connectivity index (χ3n) is 6.43. The lowest BCUT2D eigenvalue weighted by molar-refractivity contribution is -0.0500. The Morgan fingerprint density at radius 2 is 1.69 bits per heavy atom. The van der Waals surface area contributed by atoms with Crippen LogP contribution in [0.1, 0.15) is 52.4 Å². The van der Waals surface area contributed by atoms with Crippen LogP contribution in [0.2, 0.25) is 0 Å². The lowest BCUT2D eigenvalue weighted by Gasteiger charge is -2.42. The molecule has 200 valence electrons. The van der Waals surface area contributed by atoms with Gasteiger partial charge in [0.2, 0.25) is 0 Å². The molecule has 0 bridgehead atoms. The topological polar surface area (TPSA) is 49.9 Å². The maximum atomic E-state index is 13.1. The number of rotatable bonds is 10. The minimum absolute atomic E-state index is 0.190. The number of hydrogen-bond acceptors (Lipinski definition) is 7. The predicted octanol–water partition coefficient (Wildman–Crippen LogP) is 7.85. The summed E-state index contributed by atoms with van der Waals surface area (Å²) in [5, 5.41) is 0. The summed E-state index contributed by atoms with van der Waals surface area (Å²) in [6, 6.07) is 13.1. The smallest absolute Gasteiger partial charge is 0.375 e. The number of hydrogen-bond donors (Lipinski definition) is 0. The van der Waals surface area contributed by atoms with Gasteiger partial charge in [0.15, 0.2) is 5.75 Å². The van der Waals surface area contributed by atoms with E-state index in [2.05, 4.69) is 27.2 Å². The summed E-state index contributed by atoms with van der Waals surface area (Å²) in [7, 11) is -3.78. The summed E-state index contributed by atoms with van der Waals surface area (Å²) in [5.41, 5.74) is -3.92. The van der Waals surface area contributed by atoms with E-state index in [9.17, 15) is 21.6 Å². The molecule has 0 N–H and O–H groups in total. The Balaban J connectivity index is 2.19. The number of unbranched alkanes of at least 4 members (excludes halogenated alkanes) is 2. The molecule has 11 heteroatoms. The van der Waals surface area contributed by atoms with Crippen LogP contribution in [0.3, 0.4) is 0 Å². The van der Waals surface area contributed by atoms with Crippen molar-refractivity contribution in [2.24, 2.45) is 0 Å². The molecule has 0 saturated carbocycles. The Kier molecular flexibility index (Phi) is 9.57. The second-order valence-electron chi connectivity index (χ2n) is 8.90.